The summed E-state index contributed by atoms with van der Waals surface area (Å²) < 4.78 is 12.5. The van der Waals surface area contributed by atoms with E-state index in [2.05, 4.69) is 15.6 Å². The number of amides is 1. The van der Waals surface area contributed by atoms with E-state index in [0.717, 1.165) is 34.7 Å². The zero-order valence-electron chi connectivity index (χ0n) is 17.0. The number of carbonyl (C=O) groups is 1. The van der Waals surface area contributed by atoms with Crippen LogP contribution in [0.5, 0.6) is 11.5 Å². The summed E-state index contributed by atoms with van der Waals surface area (Å²) in [6.45, 7) is 2.72. The lowest BCUT2D eigenvalue weighted by molar-refractivity contribution is 0.102. The lowest BCUT2D eigenvalue weighted by atomic mass is 10.0. The predicted octanol–water partition coefficient (Wildman–Crippen LogP) is 4.39. The number of anilines is 1. The Morgan fingerprint density at radius 3 is 2.50 bits per heavy atom. The Morgan fingerprint density at radius 1 is 1.00 bits per heavy atom. The summed E-state index contributed by atoms with van der Waals surface area (Å²) in [5.41, 5.74) is 4.62. The van der Waals surface area contributed by atoms with E-state index in [1.807, 2.05) is 55.5 Å². The van der Waals surface area contributed by atoms with Gasteiger partial charge in [0.05, 0.1) is 19.7 Å². The molecule has 7 nitrogen and oxygen atoms in total. The number of rotatable bonds is 6. The number of nitrogens with zero attached hydrogens (tertiary/aromatic N) is 3. The van der Waals surface area contributed by atoms with E-state index in [1.54, 1.807) is 31.0 Å². The van der Waals surface area contributed by atoms with Gasteiger partial charge in [-0.1, -0.05) is 17.3 Å². The normalized spacial score (nSPS) is 10.8. The van der Waals surface area contributed by atoms with Gasteiger partial charge in [0.15, 0.2) is 0 Å². The molecule has 152 valence electrons. The van der Waals surface area contributed by atoms with Crippen molar-refractivity contribution in [3.63, 3.8) is 0 Å². The van der Waals surface area contributed by atoms with Crippen LogP contribution in [0.3, 0.4) is 0 Å². The second-order valence-corrected chi connectivity index (χ2v) is 6.71. The Hall–Kier alpha value is -3.87. The van der Waals surface area contributed by atoms with Crippen molar-refractivity contribution < 1.29 is 14.3 Å². The summed E-state index contributed by atoms with van der Waals surface area (Å²) in [5.74, 6) is 1.28. The van der Waals surface area contributed by atoms with Gasteiger partial charge in [0.1, 0.15) is 17.0 Å². The fraction of sp³-hybridized carbons (Fsp3) is 0.174. The number of hydrogen-bond donors (Lipinski definition) is 1. The molecule has 0 saturated heterocycles. The Bertz CT molecular complexity index is 1200. The molecule has 4 rings (SSSR count). The fourth-order valence-corrected chi connectivity index (χ4v) is 3.33. The third kappa shape index (κ3) is 3.69. The van der Waals surface area contributed by atoms with Crippen LogP contribution in [0.15, 0.2) is 60.7 Å². The molecule has 7 heteroatoms. The largest absolute Gasteiger partial charge is 0.497 e. The average molecular weight is 402 g/mol. The van der Waals surface area contributed by atoms with Crippen LogP contribution in [0.4, 0.5) is 5.69 Å². The van der Waals surface area contributed by atoms with Gasteiger partial charge in [0.25, 0.3) is 5.91 Å². The predicted molar refractivity (Wildman–Crippen MR) is 116 cm³/mol. The van der Waals surface area contributed by atoms with E-state index < -0.39 is 0 Å². The summed E-state index contributed by atoms with van der Waals surface area (Å²) in [7, 11) is 3.26. The molecule has 0 aliphatic rings. The van der Waals surface area contributed by atoms with E-state index in [-0.39, 0.29) is 5.91 Å². The van der Waals surface area contributed by atoms with Crippen LogP contribution in [0.25, 0.3) is 22.2 Å². The second kappa shape index (κ2) is 8.24. The smallest absolute Gasteiger partial charge is 0.255 e. The Kier molecular flexibility index (Phi) is 5.34. The maximum absolute atomic E-state index is 12.8. The molecule has 0 atom stereocenters. The molecule has 4 aromatic rings. The van der Waals surface area contributed by atoms with Crippen molar-refractivity contribution >= 4 is 22.6 Å². The van der Waals surface area contributed by atoms with Gasteiger partial charge in [-0.05, 0) is 61.0 Å². The fourth-order valence-electron chi connectivity index (χ4n) is 3.33. The molecule has 3 aromatic carbocycles. The van der Waals surface area contributed by atoms with Crippen molar-refractivity contribution in [1.82, 2.24) is 15.0 Å². The monoisotopic (exact) mass is 402 g/mol. The Balaban J connectivity index is 1.61. The molecule has 0 aliphatic carbocycles. The van der Waals surface area contributed by atoms with Crippen molar-refractivity contribution in [1.29, 1.82) is 0 Å². The Morgan fingerprint density at radius 2 is 1.80 bits per heavy atom. The zero-order chi connectivity index (χ0) is 21.1. The first-order chi connectivity index (χ1) is 14.6. The van der Waals surface area contributed by atoms with Crippen LogP contribution in [-0.2, 0) is 6.54 Å². The number of aromatic nitrogens is 3. The maximum atomic E-state index is 12.8. The molecule has 0 bridgehead atoms. The van der Waals surface area contributed by atoms with Crippen LogP contribution < -0.4 is 14.8 Å². The van der Waals surface area contributed by atoms with Crippen molar-refractivity contribution in [3.05, 3.63) is 66.2 Å². The van der Waals surface area contributed by atoms with Crippen molar-refractivity contribution in [3.8, 4) is 22.6 Å². The molecule has 0 radical (unpaired) electrons. The SMILES string of the molecule is CCn1nnc2cc(C(=O)Nc3ccc(OC)c(-c4ccc(OC)cc4)c3)ccc21. The summed E-state index contributed by atoms with van der Waals surface area (Å²) in [5, 5.41) is 11.2. The molecule has 30 heavy (non-hydrogen) atoms. The van der Waals surface area contributed by atoms with Gasteiger partial charge >= 0.3 is 0 Å². The highest BCUT2D eigenvalue weighted by molar-refractivity contribution is 6.06. The number of hydrogen-bond acceptors (Lipinski definition) is 5. The van der Waals surface area contributed by atoms with Crippen LogP contribution in [-0.4, -0.2) is 35.1 Å². The summed E-state index contributed by atoms with van der Waals surface area (Å²) in [6.07, 6.45) is 0. The van der Waals surface area contributed by atoms with Gasteiger partial charge in [-0.3, -0.25) is 4.79 Å². The topological polar surface area (TPSA) is 78.3 Å². The first kappa shape index (κ1) is 19.4. The standard InChI is InChI=1S/C23H22N4O3/c1-4-27-21-11-7-16(13-20(21)25-26-27)23(28)24-17-8-12-22(30-3)19(14-17)15-5-9-18(29-2)10-6-15/h5-14H,4H2,1-3H3,(H,24,28). The molecule has 1 N–H and O–H groups in total. The molecule has 0 aliphatic heterocycles. The quantitative estimate of drug-likeness (QED) is 0.518. The second-order valence-electron chi connectivity index (χ2n) is 6.71. The van der Waals surface area contributed by atoms with Gasteiger partial charge in [-0.2, -0.15) is 0 Å². The molecule has 1 heterocycles. The van der Waals surface area contributed by atoms with Crippen LogP contribution in [0.2, 0.25) is 0 Å². The van der Waals surface area contributed by atoms with Crippen molar-refractivity contribution in [2.75, 3.05) is 19.5 Å². The Labute approximate surface area is 174 Å². The summed E-state index contributed by atoms with van der Waals surface area (Å²) in [4.78, 5) is 12.8. The van der Waals surface area contributed by atoms with Crippen molar-refractivity contribution in [2.24, 2.45) is 0 Å². The van der Waals surface area contributed by atoms with E-state index >= 15 is 0 Å². The number of aryl methyl sites for hydroxylation is 1. The molecular weight excluding hydrogens is 380 g/mol. The summed E-state index contributed by atoms with van der Waals surface area (Å²) >= 11 is 0. The lowest BCUT2D eigenvalue weighted by Gasteiger charge is -2.12. The first-order valence-electron chi connectivity index (χ1n) is 9.60. The van der Waals surface area contributed by atoms with Gasteiger partial charge in [-0.25, -0.2) is 4.68 Å². The first-order valence-corrected chi connectivity index (χ1v) is 9.60. The number of benzene rings is 3. The highest BCUT2D eigenvalue weighted by Gasteiger charge is 2.13. The van der Waals surface area contributed by atoms with E-state index in [1.165, 1.54) is 0 Å². The summed E-state index contributed by atoms with van der Waals surface area (Å²) in [6, 6.07) is 18.6. The third-order valence-electron chi connectivity index (χ3n) is 4.93. The number of ether oxygens (including phenoxy) is 2. The van der Waals surface area contributed by atoms with E-state index in [9.17, 15) is 4.79 Å². The molecule has 0 unspecified atom stereocenters. The number of carbonyl (C=O) groups excluding carboxylic acids is 1. The van der Waals surface area contributed by atoms with Crippen molar-refractivity contribution in [2.45, 2.75) is 13.5 Å². The van der Waals surface area contributed by atoms with Crippen LogP contribution in [0.1, 0.15) is 17.3 Å². The van der Waals surface area contributed by atoms with Crippen LogP contribution >= 0.6 is 0 Å². The number of nitrogens with one attached hydrogen (secondary N) is 1. The molecular formula is C23H22N4O3. The highest BCUT2D eigenvalue weighted by Crippen LogP contribution is 2.33. The molecule has 0 saturated carbocycles. The zero-order valence-corrected chi connectivity index (χ0v) is 17.0. The molecule has 1 aromatic heterocycles. The van der Waals surface area contributed by atoms with Gasteiger partial charge in [0.2, 0.25) is 0 Å². The third-order valence-corrected chi connectivity index (χ3v) is 4.93. The number of methoxy groups -OCH3 is 2. The molecule has 0 fully saturated rings. The van der Waals surface area contributed by atoms with E-state index in [0.29, 0.717) is 16.8 Å². The highest BCUT2D eigenvalue weighted by atomic mass is 16.5. The van der Waals surface area contributed by atoms with Crippen LogP contribution in [0, 0.1) is 0 Å². The minimum absolute atomic E-state index is 0.214. The minimum Gasteiger partial charge on any atom is -0.497 e. The minimum atomic E-state index is -0.214. The average Bonchev–Trinajstić information content (AvgIpc) is 3.21. The maximum Gasteiger partial charge on any atom is 0.255 e. The number of fused-ring (bicyclic) bond motifs is 1. The van der Waals surface area contributed by atoms with Gasteiger partial charge in [0, 0.05) is 23.4 Å². The van der Waals surface area contributed by atoms with E-state index in [4.69, 9.17) is 9.47 Å². The van der Waals surface area contributed by atoms with Gasteiger partial charge in [-0.15, -0.1) is 5.10 Å². The lowest BCUT2D eigenvalue weighted by Crippen LogP contribution is -2.12. The van der Waals surface area contributed by atoms with Gasteiger partial charge < -0.3 is 14.8 Å². The molecule has 1 amide bonds. The molecule has 0 spiro atoms.